The Morgan fingerprint density at radius 1 is 1.50 bits per heavy atom. The highest BCUT2D eigenvalue weighted by Gasteiger charge is 2.33. The summed E-state index contributed by atoms with van der Waals surface area (Å²) in [4.78, 5) is 11.2. The van der Waals surface area contributed by atoms with Crippen LogP contribution in [0.2, 0.25) is 0 Å². The van der Waals surface area contributed by atoms with Gasteiger partial charge in [0, 0.05) is 6.42 Å². The van der Waals surface area contributed by atoms with E-state index < -0.39 is 11.5 Å². The van der Waals surface area contributed by atoms with Crippen molar-refractivity contribution in [2.45, 2.75) is 38.1 Å². The maximum absolute atomic E-state index is 13.0. The average Bonchev–Trinajstić information content (AvgIpc) is 2.26. The molecule has 102 valence electrons. The molecule has 0 unspecified atom stereocenters. The maximum atomic E-state index is 13.0. The highest BCUT2D eigenvalue weighted by Crippen LogP contribution is 2.19. The van der Waals surface area contributed by atoms with E-state index in [2.05, 4.69) is 0 Å². The van der Waals surface area contributed by atoms with Crippen LogP contribution in [0.15, 0.2) is 24.3 Å². The van der Waals surface area contributed by atoms with Gasteiger partial charge in [-0.2, -0.15) is 0 Å². The second kappa shape index (κ2) is 7.34. The molecule has 0 aliphatic carbocycles. The lowest BCUT2D eigenvalue weighted by atomic mass is 9.87. The summed E-state index contributed by atoms with van der Waals surface area (Å²) in [5.74, 6) is -1.40. The summed E-state index contributed by atoms with van der Waals surface area (Å²) in [6.07, 6.45) is 2.18. The predicted molar refractivity (Wildman–Crippen MR) is 71.4 cm³/mol. The highest BCUT2D eigenvalue weighted by atomic mass is 35.5. The Morgan fingerprint density at radius 3 is 2.67 bits per heavy atom. The van der Waals surface area contributed by atoms with Crippen molar-refractivity contribution in [1.29, 1.82) is 0 Å². The van der Waals surface area contributed by atoms with E-state index in [4.69, 9.17) is 5.73 Å². The standard InChI is InChI=1S/C13H18FNO2.ClH/c1-2-3-7-13(15,12(16)17)9-10-5-4-6-11(14)8-10;/h4-6,8H,2-3,7,9,15H2,1H3,(H,16,17);1H/t13-;/m1./s1. The van der Waals surface area contributed by atoms with Gasteiger partial charge in [0.15, 0.2) is 0 Å². The Kier molecular flexibility index (Phi) is 6.88. The number of carbonyl (C=O) groups is 1. The molecule has 0 aliphatic heterocycles. The van der Waals surface area contributed by atoms with Crippen LogP contribution in [0.25, 0.3) is 0 Å². The lowest BCUT2D eigenvalue weighted by Crippen LogP contribution is -2.49. The predicted octanol–water partition coefficient (Wildman–Crippen LogP) is 2.76. The number of carboxylic acid groups (broad SMARTS) is 1. The van der Waals surface area contributed by atoms with Gasteiger partial charge in [0.05, 0.1) is 0 Å². The Morgan fingerprint density at radius 2 is 2.17 bits per heavy atom. The van der Waals surface area contributed by atoms with E-state index in [1.807, 2.05) is 6.92 Å². The summed E-state index contributed by atoms with van der Waals surface area (Å²) < 4.78 is 13.0. The van der Waals surface area contributed by atoms with Crippen LogP contribution in [0.5, 0.6) is 0 Å². The first-order valence-corrected chi connectivity index (χ1v) is 5.74. The van der Waals surface area contributed by atoms with Crippen LogP contribution in [0.4, 0.5) is 4.39 Å². The molecule has 0 fully saturated rings. The van der Waals surface area contributed by atoms with Crippen molar-refractivity contribution in [1.82, 2.24) is 0 Å². The Balaban J connectivity index is 0.00000289. The van der Waals surface area contributed by atoms with Crippen LogP contribution >= 0.6 is 12.4 Å². The second-order valence-corrected chi connectivity index (χ2v) is 4.37. The molecule has 0 saturated heterocycles. The number of aliphatic carboxylic acids is 1. The molecule has 3 nitrogen and oxygen atoms in total. The van der Waals surface area contributed by atoms with E-state index in [0.717, 1.165) is 12.8 Å². The molecule has 1 aromatic carbocycles. The van der Waals surface area contributed by atoms with Crippen LogP contribution in [0, 0.1) is 5.82 Å². The largest absolute Gasteiger partial charge is 0.480 e. The van der Waals surface area contributed by atoms with Crippen LogP contribution in [0.3, 0.4) is 0 Å². The van der Waals surface area contributed by atoms with Gasteiger partial charge in [0.25, 0.3) is 0 Å². The van der Waals surface area contributed by atoms with Crippen molar-refractivity contribution in [2.75, 3.05) is 0 Å². The van der Waals surface area contributed by atoms with E-state index in [-0.39, 0.29) is 24.6 Å². The minimum absolute atomic E-state index is 0. The van der Waals surface area contributed by atoms with Crippen molar-refractivity contribution >= 4 is 18.4 Å². The number of hydrogen-bond acceptors (Lipinski definition) is 2. The lowest BCUT2D eigenvalue weighted by molar-refractivity contribution is -0.143. The molecule has 3 N–H and O–H groups in total. The fourth-order valence-corrected chi connectivity index (χ4v) is 1.77. The maximum Gasteiger partial charge on any atom is 0.324 e. The first-order chi connectivity index (χ1) is 7.98. The monoisotopic (exact) mass is 275 g/mol. The molecular formula is C13H19ClFNO2. The van der Waals surface area contributed by atoms with Gasteiger partial charge in [0.1, 0.15) is 11.4 Å². The van der Waals surface area contributed by atoms with E-state index in [1.165, 1.54) is 12.1 Å². The first-order valence-electron chi connectivity index (χ1n) is 5.74. The zero-order valence-corrected chi connectivity index (χ0v) is 11.2. The van der Waals surface area contributed by atoms with Gasteiger partial charge < -0.3 is 10.8 Å². The van der Waals surface area contributed by atoms with Gasteiger partial charge >= 0.3 is 5.97 Å². The van der Waals surface area contributed by atoms with Gasteiger partial charge in [-0.05, 0) is 24.1 Å². The number of nitrogens with two attached hydrogens (primary N) is 1. The van der Waals surface area contributed by atoms with Gasteiger partial charge in [0.2, 0.25) is 0 Å². The number of halogens is 2. The molecular weight excluding hydrogens is 257 g/mol. The van der Waals surface area contributed by atoms with Crippen LogP contribution in [-0.2, 0) is 11.2 Å². The van der Waals surface area contributed by atoms with E-state index in [9.17, 15) is 14.3 Å². The third-order valence-corrected chi connectivity index (χ3v) is 2.81. The molecule has 5 heteroatoms. The molecule has 1 rings (SSSR count). The summed E-state index contributed by atoms with van der Waals surface area (Å²) in [6, 6.07) is 5.91. The van der Waals surface area contributed by atoms with Crippen molar-refractivity contribution in [3.05, 3.63) is 35.6 Å². The molecule has 0 saturated carbocycles. The Bertz CT molecular complexity index is 400. The molecule has 0 aliphatic rings. The van der Waals surface area contributed by atoms with Gasteiger partial charge in [-0.3, -0.25) is 4.79 Å². The summed E-state index contributed by atoms with van der Waals surface area (Å²) >= 11 is 0. The van der Waals surface area contributed by atoms with Gasteiger partial charge in [-0.25, -0.2) is 4.39 Å². The fraction of sp³-hybridized carbons (Fsp3) is 0.462. The highest BCUT2D eigenvalue weighted by molar-refractivity contribution is 5.85. The van der Waals surface area contributed by atoms with Gasteiger partial charge in [-0.15, -0.1) is 12.4 Å². The molecule has 1 atom stereocenters. The molecule has 0 radical (unpaired) electrons. The quantitative estimate of drug-likeness (QED) is 0.839. The topological polar surface area (TPSA) is 63.3 Å². The first kappa shape index (κ1) is 16.9. The summed E-state index contributed by atoms with van der Waals surface area (Å²) in [5.41, 5.74) is 5.20. The number of rotatable bonds is 6. The number of benzene rings is 1. The minimum Gasteiger partial charge on any atom is -0.480 e. The zero-order valence-electron chi connectivity index (χ0n) is 10.4. The van der Waals surface area contributed by atoms with Crippen LogP contribution in [0.1, 0.15) is 31.7 Å². The number of hydrogen-bond donors (Lipinski definition) is 2. The molecule has 0 aromatic heterocycles. The second-order valence-electron chi connectivity index (χ2n) is 4.37. The molecule has 0 spiro atoms. The summed E-state index contributed by atoms with van der Waals surface area (Å²) in [7, 11) is 0. The van der Waals surface area contributed by atoms with Crippen molar-refractivity contribution in [3.63, 3.8) is 0 Å². The Hall–Kier alpha value is -1.13. The SMILES string of the molecule is CCCC[C@@](N)(Cc1cccc(F)c1)C(=O)O.Cl. The fourth-order valence-electron chi connectivity index (χ4n) is 1.77. The summed E-state index contributed by atoms with van der Waals surface area (Å²) in [6.45, 7) is 1.98. The zero-order chi connectivity index (χ0) is 12.9. The number of unbranched alkanes of at least 4 members (excludes halogenated alkanes) is 1. The van der Waals surface area contributed by atoms with Crippen LogP contribution < -0.4 is 5.73 Å². The third kappa shape index (κ3) is 4.63. The lowest BCUT2D eigenvalue weighted by Gasteiger charge is -2.24. The minimum atomic E-state index is -1.30. The average molecular weight is 276 g/mol. The van der Waals surface area contributed by atoms with Gasteiger partial charge in [-0.1, -0.05) is 31.9 Å². The van der Waals surface area contributed by atoms with Crippen LogP contribution in [-0.4, -0.2) is 16.6 Å². The normalized spacial score (nSPS) is 13.5. The molecule has 1 aromatic rings. The molecule has 0 bridgehead atoms. The van der Waals surface area contributed by atoms with E-state index in [0.29, 0.717) is 12.0 Å². The smallest absolute Gasteiger partial charge is 0.324 e. The van der Waals surface area contributed by atoms with E-state index >= 15 is 0 Å². The third-order valence-electron chi connectivity index (χ3n) is 2.81. The van der Waals surface area contributed by atoms with Crippen molar-refractivity contribution in [3.8, 4) is 0 Å². The molecule has 18 heavy (non-hydrogen) atoms. The molecule has 0 heterocycles. The molecule has 0 amide bonds. The van der Waals surface area contributed by atoms with Crippen molar-refractivity contribution < 1.29 is 14.3 Å². The van der Waals surface area contributed by atoms with E-state index in [1.54, 1.807) is 12.1 Å². The van der Waals surface area contributed by atoms with Crippen molar-refractivity contribution in [2.24, 2.45) is 5.73 Å². The number of carboxylic acids is 1. The Labute approximate surface area is 113 Å². The summed E-state index contributed by atoms with van der Waals surface area (Å²) in [5, 5.41) is 9.17.